The quantitative estimate of drug-likeness (QED) is 0.0891. The van der Waals surface area contributed by atoms with E-state index in [2.05, 4.69) is 41.2 Å². The van der Waals surface area contributed by atoms with E-state index < -0.39 is 11.9 Å². The van der Waals surface area contributed by atoms with Gasteiger partial charge in [-0.15, -0.1) is 0 Å². The Morgan fingerprint density at radius 1 is 0.491 bits per heavy atom. The number of anilines is 4. The maximum atomic E-state index is 13.0. The van der Waals surface area contributed by atoms with Crippen LogP contribution in [-0.2, 0) is 32.4 Å². The second kappa shape index (κ2) is 17.2. The Morgan fingerprint density at radius 2 is 0.947 bits per heavy atom. The lowest BCUT2D eigenvalue weighted by Crippen LogP contribution is -2.08. The highest BCUT2D eigenvalue weighted by molar-refractivity contribution is 5.90. The highest BCUT2D eigenvalue weighted by Crippen LogP contribution is 2.31. The van der Waals surface area contributed by atoms with Crippen molar-refractivity contribution < 1.29 is 30.8 Å². The van der Waals surface area contributed by atoms with Crippen molar-refractivity contribution in [3.63, 3.8) is 0 Å². The number of aryl methyl sites for hydroxylation is 1. The number of para-hydroxylation sites is 2. The summed E-state index contributed by atoms with van der Waals surface area (Å²) in [4.78, 5) is 18.1. The van der Waals surface area contributed by atoms with Gasteiger partial charge in [-0.05, 0) is 90.8 Å². The van der Waals surface area contributed by atoms with Crippen LogP contribution in [0.3, 0.4) is 0 Å². The zero-order valence-electron chi connectivity index (χ0n) is 30.4. The molecule has 57 heavy (non-hydrogen) atoms. The molecule has 0 atom stereocenters. The van der Waals surface area contributed by atoms with Crippen LogP contribution >= 0.6 is 0 Å². The summed E-state index contributed by atoms with van der Waals surface area (Å²) in [5.41, 5.74) is 3.30. The highest BCUT2D eigenvalue weighted by atomic mass is 19.4. The molecule has 4 aromatic carbocycles. The van der Waals surface area contributed by atoms with E-state index in [1.807, 2.05) is 61.5 Å². The molecule has 0 saturated carbocycles. The van der Waals surface area contributed by atoms with Crippen molar-refractivity contribution in [2.75, 3.05) is 21.3 Å². The van der Waals surface area contributed by atoms with Gasteiger partial charge in [0, 0.05) is 23.9 Å². The molecule has 290 valence electrons. The van der Waals surface area contributed by atoms with Gasteiger partial charge in [-0.3, -0.25) is 0 Å². The second-order valence-electron chi connectivity index (χ2n) is 12.8. The van der Waals surface area contributed by atoms with Gasteiger partial charge in [-0.1, -0.05) is 48.5 Å². The standard InChI is InChI=1S/C21H16F4N4O.C21H19FN4O/c22-14-7-5-13(6-8-14)11-27-20-28-17-4-2-1-3-16(17)19(29-20)26-12-15-9-10-18(30-15)21(23,24)25;1-14-6-11-17(27-14)13-23-20-18-4-2-3-5-19(18)25-21(26-20)24-12-15-7-9-16(22)10-8-15/h1-10H,11-12H2,(H2,26,27,28,29);2-11H,12-13H2,1H3,(H2,23,24,25,26). The summed E-state index contributed by atoms with van der Waals surface area (Å²) in [7, 11) is 0. The molecule has 0 amide bonds. The molecule has 0 aliphatic rings. The number of halogens is 5. The first-order valence-corrected chi connectivity index (χ1v) is 17.7. The smallest absolute Gasteiger partial charge is 0.449 e. The molecule has 0 fully saturated rings. The van der Waals surface area contributed by atoms with Gasteiger partial charge in [-0.25, -0.2) is 18.7 Å². The van der Waals surface area contributed by atoms with E-state index in [1.165, 1.54) is 30.3 Å². The number of nitrogens with zero attached hydrogens (tertiary/aromatic N) is 4. The molecule has 10 nitrogen and oxygen atoms in total. The van der Waals surface area contributed by atoms with Crippen LogP contribution in [0, 0.1) is 18.6 Å². The molecule has 4 aromatic heterocycles. The minimum Gasteiger partial charge on any atom is -0.465 e. The molecule has 0 bridgehead atoms. The van der Waals surface area contributed by atoms with Crippen LogP contribution < -0.4 is 21.3 Å². The van der Waals surface area contributed by atoms with Gasteiger partial charge in [0.25, 0.3) is 0 Å². The topological polar surface area (TPSA) is 126 Å². The SMILES string of the molecule is Cc1ccc(CNc2nc(NCc3ccc(F)cc3)nc3ccccc23)o1.Fc1ccc(CNc2nc(NCc3ccc(C(F)(F)F)o3)c3ccccc3n2)cc1. The summed E-state index contributed by atoms with van der Waals surface area (Å²) >= 11 is 0. The van der Waals surface area contributed by atoms with E-state index in [1.54, 1.807) is 30.3 Å². The van der Waals surface area contributed by atoms with Crippen molar-refractivity contribution >= 4 is 45.3 Å². The Hall–Kier alpha value is -7.03. The Kier molecular flexibility index (Phi) is 11.5. The molecule has 8 rings (SSSR count). The van der Waals surface area contributed by atoms with Crippen LogP contribution in [0.25, 0.3) is 21.8 Å². The summed E-state index contributed by atoms with van der Waals surface area (Å²) in [6.07, 6.45) is -4.53. The first kappa shape index (κ1) is 38.3. The first-order chi connectivity index (χ1) is 27.6. The van der Waals surface area contributed by atoms with Crippen molar-refractivity contribution in [3.05, 3.63) is 167 Å². The molecular formula is C42H35F5N8O2. The van der Waals surface area contributed by atoms with E-state index in [0.29, 0.717) is 48.3 Å². The zero-order chi connectivity index (χ0) is 39.8. The van der Waals surface area contributed by atoms with Gasteiger partial charge in [0.05, 0.1) is 24.1 Å². The summed E-state index contributed by atoms with van der Waals surface area (Å²) in [6.45, 7) is 3.36. The van der Waals surface area contributed by atoms with Gasteiger partial charge in [-0.2, -0.15) is 23.1 Å². The molecule has 4 heterocycles. The van der Waals surface area contributed by atoms with Gasteiger partial charge in [0.1, 0.15) is 40.6 Å². The summed E-state index contributed by atoms with van der Waals surface area (Å²) in [5, 5.41) is 14.3. The average Bonchev–Trinajstić information content (AvgIpc) is 3.88. The average molecular weight is 779 g/mol. The minimum absolute atomic E-state index is 0.0223. The Morgan fingerprint density at radius 3 is 1.39 bits per heavy atom. The number of rotatable bonds is 12. The van der Waals surface area contributed by atoms with E-state index in [-0.39, 0.29) is 23.9 Å². The molecule has 0 aliphatic heterocycles. The lowest BCUT2D eigenvalue weighted by atomic mass is 10.2. The van der Waals surface area contributed by atoms with Crippen molar-refractivity contribution in [1.29, 1.82) is 0 Å². The third-order valence-corrected chi connectivity index (χ3v) is 8.53. The zero-order valence-corrected chi connectivity index (χ0v) is 30.4. The van der Waals surface area contributed by atoms with Crippen LogP contribution in [0.4, 0.5) is 45.5 Å². The van der Waals surface area contributed by atoms with Crippen molar-refractivity contribution in [2.45, 2.75) is 39.3 Å². The maximum Gasteiger partial charge on any atom is 0.449 e. The van der Waals surface area contributed by atoms with E-state index >= 15 is 0 Å². The van der Waals surface area contributed by atoms with Gasteiger partial charge in [0.2, 0.25) is 17.7 Å². The predicted octanol–water partition coefficient (Wildman–Crippen LogP) is 10.5. The highest BCUT2D eigenvalue weighted by Gasteiger charge is 2.34. The number of furan rings is 2. The van der Waals surface area contributed by atoms with E-state index in [0.717, 1.165) is 45.4 Å². The number of aromatic nitrogens is 4. The molecule has 4 N–H and O–H groups in total. The number of hydrogen-bond acceptors (Lipinski definition) is 10. The van der Waals surface area contributed by atoms with Crippen molar-refractivity contribution in [2.24, 2.45) is 0 Å². The van der Waals surface area contributed by atoms with Crippen LogP contribution in [-0.4, -0.2) is 19.9 Å². The molecule has 0 radical (unpaired) electrons. The lowest BCUT2D eigenvalue weighted by molar-refractivity contribution is -0.153. The number of hydrogen-bond donors (Lipinski definition) is 4. The third-order valence-electron chi connectivity index (χ3n) is 8.53. The minimum atomic E-state index is -4.53. The monoisotopic (exact) mass is 778 g/mol. The number of nitrogens with one attached hydrogen (secondary N) is 4. The third kappa shape index (κ3) is 10.2. The fourth-order valence-electron chi connectivity index (χ4n) is 5.69. The van der Waals surface area contributed by atoms with Gasteiger partial charge < -0.3 is 30.1 Å². The fraction of sp³-hybridized carbons (Fsp3) is 0.143. The normalized spacial score (nSPS) is 11.3. The number of fused-ring (bicyclic) bond motifs is 2. The Balaban J connectivity index is 0.000000175. The largest absolute Gasteiger partial charge is 0.465 e. The molecule has 0 spiro atoms. The Bertz CT molecular complexity index is 2570. The fourth-order valence-corrected chi connectivity index (χ4v) is 5.69. The van der Waals surface area contributed by atoms with E-state index in [9.17, 15) is 22.0 Å². The first-order valence-electron chi connectivity index (χ1n) is 17.7. The lowest BCUT2D eigenvalue weighted by Gasteiger charge is -2.11. The van der Waals surface area contributed by atoms with Gasteiger partial charge in [0.15, 0.2) is 0 Å². The number of benzene rings is 4. The summed E-state index contributed by atoms with van der Waals surface area (Å²) in [5.74, 6) is 2.26. The summed E-state index contributed by atoms with van der Waals surface area (Å²) in [6, 6.07) is 33.5. The Labute approximate surface area is 323 Å². The van der Waals surface area contributed by atoms with Gasteiger partial charge >= 0.3 is 6.18 Å². The van der Waals surface area contributed by atoms with Crippen LogP contribution in [0.15, 0.2) is 130 Å². The van der Waals surface area contributed by atoms with E-state index in [4.69, 9.17) is 8.83 Å². The second-order valence-corrected chi connectivity index (χ2v) is 12.8. The molecular weight excluding hydrogens is 744 g/mol. The summed E-state index contributed by atoms with van der Waals surface area (Å²) < 4.78 is 74.7. The van der Waals surface area contributed by atoms with Crippen LogP contribution in [0.2, 0.25) is 0 Å². The molecule has 8 aromatic rings. The molecule has 15 heteroatoms. The maximum absolute atomic E-state index is 13.0. The predicted molar refractivity (Wildman–Crippen MR) is 208 cm³/mol. The van der Waals surface area contributed by atoms with Crippen LogP contribution in [0.5, 0.6) is 0 Å². The molecule has 0 saturated heterocycles. The van der Waals surface area contributed by atoms with Crippen molar-refractivity contribution in [1.82, 2.24) is 19.9 Å². The van der Waals surface area contributed by atoms with Crippen molar-refractivity contribution in [3.8, 4) is 0 Å². The van der Waals surface area contributed by atoms with Crippen LogP contribution in [0.1, 0.15) is 34.2 Å². The molecule has 0 aliphatic carbocycles. The number of alkyl halides is 3. The molecule has 0 unspecified atom stereocenters.